The van der Waals surface area contributed by atoms with Gasteiger partial charge in [-0.15, -0.1) is 0 Å². The molecule has 0 bridgehead atoms. The van der Waals surface area contributed by atoms with Gasteiger partial charge in [0.15, 0.2) is 11.5 Å². The Hall–Kier alpha value is -3.48. The van der Waals surface area contributed by atoms with E-state index in [9.17, 15) is 0 Å². The van der Waals surface area contributed by atoms with Crippen LogP contribution in [0.2, 0.25) is 0 Å². The molecule has 0 spiro atoms. The summed E-state index contributed by atoms with van der Waals surface area (Å²) in [4.78, 5) is 8.86. The minimum absolute atomic E-state index is 0.512. The summed E-state index contributed by atoms with van der Waals surface area (Å²) in [5.74, 6) is 2.82. The molecule has 1 aromatic heterocycles. The van der Waals surface area contributed by atoms with Crippen LogP contribution in [0.25, 0.3) is 0 Å². The summed E-state index contributed by atoms with van der Waals surface area (Å²) in [6.07, 6.45) is 2.62. The summed E-state index contributed by atoms with van der Waals surface area (Å²) < 4.78 is 16.1. The molecule has 7 heteroatoms. The van der Waals surface area contributed by atoms with E-state index in [0.29, 0.717) is 29.0 Å². The van der Waals surface area contributed by atoms with Gasteiger partial charge in [0.05, 0.1) is 21.3 Å². The smallest absolute Gasteiger partial charge is 0.229 e. The molecular weight excluding hydrogens is 356 g/mol. The Labute approximate surface area is 164 Å². The van der Waals surface area contributed by atoms with Gasteiger partial charge in [0, 0.05) is 29.7 Å². The summed E-state index contributed by atoms with van der Waals surface area (Å²) in [6, 6.07) is 13.5. The van der Waals surface area contributed by atoms with Crippen molar-refractivity contribution in [2.24, 2.45) is 0 Å². The lowest BCUT2D eigenvalue weighted by Crippen LogP contribution is -2.02. The van der Waals surface area contributed by atoms with Gasteiger partial charge in [0.2, 0.25) is 11.7 Å². The number of nitrogens with one attached hydrogen (secondary N) is 2. The Morgan fingerprint density at radius 1 is 0.893 bits per heavy atom. The molecule has 0 saturated carbocycles. The van der Waals surface area contributed by atoms with Gasteiger partial charge in [-0.25, -0.2) is 4.98 Å². The van der Waals surface area contributed by atoms with Crippen LogP contribution in [0, 0.1) is 0 Å². The molecule has 0 atom stereocenters. The highest BCUT2D eigenvalue weighted by atomic mass is 16.5. The van der Waals surface area contributed by atoms with Gasteiger partial charge in [-0.1, -0.05) is 25.1 Å². The molecule has 7 nitrogen and oxygen atoms in total. The SMILES string of the molecule is CCc1ccccc1Nc1nccc(Nc2cc(OC)c(OC)c(OC)c2)n1. The molecular formula is C21H24N4O3. The van der Waals surface area contributed by atoms with Crippen molar-refractivity contribution < 1.29 is 14.2 Å². The van der Waals surface area contributed by atoms with Gasteiger partial charge in [0.1, 0.15) is 5.82 Å². The van der Waals surface area contributed by atoms with Crippen molar-refractivity contribution >= 4 is 23.1 Å². The van der Waals surface area contributed by atoms with Gasteiger partial charge in [-0.3, -0.25) is 0 Å². The Morgan fingerprint density at radius 3 is 2.25 bits per heavy atom. The third-order valence-electron chi connectivity index (χ3n) is 4.24. The standard InChI is InChI=1S/C21H24N4O3/c1-5-14-8-6-7-9-16(14)24-21-22-11-10-19(25-21)23-15-12-17(26-2)20(28-4)18(13-15)27-3/h6-13H,5H2,1-4H3,(H2,22,23,24,25). The summed E-state index contributed by atoms with van der Waals surface area (Å²) in [5, 5.41) is 6.53. The zero-order valence-corrected chi connectivity index (χ0v) is 16.4. The molecule has 0 aliphatic heterocycles. The lowest BCUT2D eigenvalue weighted by atomic mass is 10.1. The van der Waals surface area contributed by atoms with E-state index in [4.69, 9.17) is 14.2 Å². The third kappa shape index (κ3) is 4.25. The van der Waals surface area contributed by atoms with Crippen LogP contribution in [0.5, 0.6) is 17.2 Å². The fourth-order valence-electron chi connectivity index (χ4n) is 2.86. The average Bonchev–Trinajstić information content (AvgIpc) is 2.73. The Kier molecular flexibility index (Phi) is 6.16. The van der Waals surface area contributed by atoms with Crippen LogP contribution in [0.4, 0.5) is 23.1 Å². The first-order chi connectivity index (χ1) is 13.7. The number of hydrogen-bond acceptors (Lipinski definition) is 7. The van der Waals surface area contributed by atoms with Crippen molar-refractivity contribution in [2.45, 2.75) is 13.3 Å². The van der Waals surface area contributed by atoms with E-state index in [2.05, 4.69) is 33.6 Å². The number of methoxy groups -OCH3 is 3. The van der Waals surface area contributed by atoms with Crippen molar-refractivity contribution in [2.75, 3.05) is 32.0 Å². The third-order valence-corrected chi connectivity index (χ3v) is 4.24. The minimum Gasteiger partial charge on any atom is -0.493 e. The summed E-state index contributed by atoms with van der Waals surface area (Å²) in [5.41, 5.74) is 2.96. The first kappa shape index (κ1) is 19.3. The number of hydrogen-bond donors (Lipinski definition) is 2. The maximum atomic E-state index is 5.40. The summed E-state index contributed by atoms with van der Waals surface area (Å²) in [6.45, 7) is 2.11. The Balaban J connectivity index is 1.85. The van der Waals surface area contributed by atoms with Gasteiger partial charge in [-0.2, -0.15) is 4.98 Å². The fourth-order valence-corrected chi connectivity index (χ4v) is 2.86. The predicted octanol–water partition coefficient (Wildman–Crippen LogP) is 4.55. The first-order valence-electron chi connectivity index (χ1n) is 8.93. The molecule has 3 rings (SSSR count). The monoisotopic (exact) mass is 380 g/mol. The Bertz CT molecular complexity index is 921. The van der Waals surface area contributed by atoms with Crippen molar-refractivity contribution in [1.29, 1.82) is 0 Å². The molecule has 28 heavy (non-hydrogen) atoms. The molecule has 2 aromatic carbocycles. The molecule has 0 aliphatic carbocycles. The second kappa shape index (κ2) is 8.94. The molecule has 0 fully saturated rings. The second-order valence-electron chi connectivity index (χ2n) is 5.94. The van der Waals surface area contributed by atoms with Crippen LogP contribution in [0.1, 0.15) is 12.5 Å². The fraction of sp³-hybridized carbons (Fsp3) is 0.238. The number of aryl methyl sites for hydroxylation is 1. The molecule has 0 unspecified atom stereocenters. The lowest BCUT2D eigenvalue weighted by Gasteiger charge is -2.15. The summed E-state index contributed by atoms with van der Waals surface area (Å²) in [7, 11) is 4.74. The molecule has 1 heterocycles. The largest absolute Gasteiger partial charge is 0.493 e. The number of para-hydroxylation sites is 1. The normalized spacial score (nSPS) is 10.3. The van der Waals surface area contributed by atoms with Crippen molar-refractivity contribution in [1.82, 2.24) is 9.97 Å². The molecule has 0 amide bonds. The topological polar surface area (TPSA) is 77.5 Å². The molecule has 2 N–H and O–H groups in total. The number of rotatable bonds is 8. The first-order valence-corrected chi connectivity index (χ1v) is 8.93. The van der Waals surface area contributed by atoms with E-state index in [1.165, 1.54) is 5.56 Å². The summed E-state index contributed by atoms with van der Waals surface area (Å²) >= 11 is 0. The highest BCUT2D eigenvalue weighted by molar-refractivity contribution is 5.67. The second-order valence-corrected chi connectivity index (χ2v) is 5.94. The van der Waals surface area contributed by atoms with Crippen LogP contribution in [-0.4, -0.2) is 31.3 Å². The van der Waals surface area contributed by atoms with Crippen molar-refractivity contribution in [3.63, 3.8) is 0 Å². The molecule has 146 valence electrons. The van der Waals surface area contributed by atoms with Crippen LogP contribution in [0.3, 0.4) is 0 Å². The predicted molar refractivity (Wildman–Crippen MR) is 111 cm³/mol. The maximum Gasteiger partial charge on any atom is 0.229 e. The zero-order valence-electron chi connectivity index (χ0n) is 16.4. The maximum absolute atomic E-state index is 5.40. The molecule has 0 aliphatic rings. The van der Waals surface area contributed by atoms with E-state index in [0.717, 1.165) is 17.8 Å². The lowest BCUT2D eigenvalue weighted by molar-refractivity contribution is 0.324. The molecule has 0 radical (unpaired) electrons. The number of anilines is 4. The van der Waals surface area contributed by atoms with Crippen LogP contribution >= 0.6 is 0 Å². The number of ether oxygens (including phenoxy) is 3. The van der Waals surface area contributed by atoms with Gasteiger partial charge in [0.25, 0.3) is 0 Å². The number of aromatic nitrogens is 2. The molecule has 3 aromatic rings. The van der Waals surface area contributed by atoms with E-state index < -0.39 is 0 Å². The number of benzene rings is 2. The van der Waals surface area contributed by atoms with Gasteiger partial charge < -0.3 is 24.8 Å². The highest BCUT2D eigenvalue weighted by Gasteiger charge is 2.13. The molecule has 0 saturated heterocycles. The van der Waals surface area contributed by atoms with E-state index in [1.807, 2.05) is 30.3 Å². The zero-order chi connectivity index (χ0) is 19.9. The average molecular weight is 380 g/mol. The van der Waals surface area contributed by atoms with Crippen molar-refractivity contribution in [3.05, 3.63) is 54.2 Å². The highest BCUT2D eigenvalue weighted by Crippen LogP contribution is 2.40. The van der Waals surface area contributed by atoms with Crippen LogP contribution in [-0.2, 0) is 6.42 Å². The van der Waals surface area contributed by atoms with Crippen LogP contribution < -0.4 is 24.8 Å². The van der Waals surface area contributed by atoms with E-state index in [-0.39, 0.29) is 0 Å². The Morgan fingerprint density at radius 2 is 1.61 bits per heavy atom. The number of nitrogens with zero attached hydrogens (tertiary/aromatic N) is 2. The van der Waals surface area contributed by atoms with E-state index >= 15 is 0 Å². The van der Waals surface area contributed by atoms with Gasteiger partial charge in [-0.05, 0) is 24.1 Å². The van der Waals surface area contributed by atoms with Gasteiger partial charge >= 0.3 is 0 Å². The quantitative estimate of drug-likeness (QED) is 0.593. The van der Waals surface area contributed by atoms with E-state index in [1.54, 1.807) is 33.6 Å². The van der Waals surface area contributed by atoms with Crippen molar-refractivity contribution in [3.8, 4) is 17.2 Å². The minimum atomic E-state index is 0.512. The van der Waals surface area contributed by atoms with Crippen LogP contribution in [0.15, 0.2) is 48.7 Å².